The molecule has 0 radical (unpaired) electrons. The molecule has 1 fully saturated rings. The minimum absolute atomic E-state index is 0.506. The van der Waals surface area contributed by atoms with Crippen LogP contribution in [0.15, 0.2) is 48.5 Å². The van der Waals surface area contributed by atoms with Crippen molar-refractivity contribution in [1.82, 2.24) is 0 Å². The van der Waals surface area contributed by atoms with Crippen LogP contribution in [0.3, 0.4) is 0 Å². The molecule has 1 unspecified atom stereocenters. The molecular weight excluding hydrogens is 347 g/mol. The van der Waals surface area contributed by atoms with Gasteiger partial charge in [0.2, 0.25) is 0 Å². The SMILES string of the molecule is OC(c1ccc(I)cc1)c1ccccc1C1CCC1. The van der Waals surface area contributed by atoms with E-state index in [-0.39, 0.29) is 0 Å². The molecule has 1 saturated carbocycles. The van der Waals surface area contributed by atoms with Gasteiger partial charge in [-0.15, -0.1) is 0 Å². The van der Waals surface area contributed by atoms with E-state index >= 15 is 0 Å². The molecule has 0 aliphatic heterocycles. The number of rotatable bonds is 3. The molecule has 1 N–H and O–H groups in total. The second kappa shape index (κ2) is 5.63. The van der Waals surface area contributed by atoms with Crippen molar-refractivity contribution >= 4 is 22.6 Å². The molecule has 1 aliphatic rings. The van der Waals surface area contributed by atoms with Crippen LogP contribution in [-0.2, 0) is 0 Å². The van der Waals surface area contributed by atoms with Crippen molar-refractivity contribution in [2.45, 2.75) is 31.3 Å². The summed E-state index contributed by atoms with van der Waals surface area (Å²) in [4.78, 5) is 0. The number of aliphatic hydroxyl groups excluding tert-OH is 1. The van der Waals surface area contributed by atoms with E-state index in [0.717, 1.165) is 11.1 Å². The van der Waals surface area contributed by atoms with Gasteiger partial charge < -0.3 is 5.11 Å². The first-order chi connectivity index (χ1) is 9.25. The Morgan fingerprint density at radius 1 is 1.00 bits per heavy atom. The highest BCUT2D eigenvalue weighted by atomic mass is 127. The van der Waals surface area contributed by atoms with Crippen molar-refractivity contribution in [3.8, 4) is 0 Å². The molecule has 0 amide bonds. The molecule has 3 rings (SSSR count). The van der Waals surface area contributed by atoms with Gasteiger partial charge in [-0.1, -0.05) is 42.8 Å². The molecule has 0 heterocycles. The van der Waals surface area contributed by atoms with E-state index < -0.39 is 6.10 Å². The Kier molecular flexibility index (Phi) is 3.89. The molecule has 98 valence electrons. The summed E-state index contributed by atoms with van der Waals surface area (Å²) >= 11 is 2.29. The number of hydrogen-bond acceptors (Lipinski definition) is 1. The fourth-order valence-corrected chi connectivity index (χ4v) is 3.04. The Morgan fingerprint density at radius 2 is 1.68 bits per heavy atom. The van der Waals surface area contributed by atoms with Gasteiger partial charge in [-0.25, -0.2) is 0 Å². The molecule has 0 bridgehead atoms. The molecule has 0 aromatic heterocycles. The molecule has 1 aliphatic carbocycles. The number of aliphatic hydroxyl groups is 1. The number of benzene rings is 2. The van der Waals surface area contributed by atoms with Crippen LogP contribution in [-0.4, -0.2) is 5.11 Å². The van der Waals surface area contributed by atoms with E-state index in [1.807, 2.05) is 30.3 Å². The van der Waals surface area contributed by atoms with Gasteiger partial charge in [-0.3, -0.25) is 0 Å². The Labute approximate surface area is 127 Å². The van der Waals surface area contributed by atoms with E-state index in [2.05, 4.69) is 40.8 Å². The first-order valence-corrected chi connectivity index (χ1v) is 7.86. The lowest BCUT2D eigenvalue weighted by molar-refractivity contribution is 0.217. The van der Waals surface area contributed by atoms with Crippen molar-refractivity contribution in [3.05, 3.63) is 68.8 Å². The highest BCUT2D eigenvalue weighted by Crippen LogP contribution is 2.40. The van der Waals surface area contributed by atoms with E-state index in [1.54, 1.807) is 0 Å². The normalized spacial score (nSPS) is 16.9. The smallest absolute Gasteiger partial charge is 0.104 e. The Bertz CT molecular complexity index is 558. The molecule has 0 spiro atoms. The predicted molar refractivity (Wildman–Crippen MR) is 86.3 cm³/mol. The third kappa shape index (κ3) is 2.70. The maximum absolute atomic E-state index is 10.6. The van der Waals surface area contributed by atoms with Crippen LogP contribution in [0.5, 0.6) is 0 Å². The van der Waals surface area contributed by atoms with Crippen LogP contribution in [0.25, 0.3) is 0 Å². The minimum Gasteiger partial charge on any atom is -0.384 e. The lowest BCUT2D eigenvalue weighted by Crippen LogP contribution is -2.13. The predicted octanol–water partition coefficient (Wildman–Crippen LogP) is 4.64. The van der Waals surface area contributed by atoms with Gasteiger partial charge >= 0.3 is 0 Å². The average Bonchev–Trinajstić information content (AvgIpc) is 2.37. The van der Waals surface area contributed by atoms with Crippen LogP contribution in [0.4, 0.5) is 0 Å². The van der Waals surface area contributed by atoms with Gasteiger partial charge in [0, 0.05) is 3.57 Å². The Hall–Kier alpha value is -0.870. The first kappa shape index (κ1) is 13.1. The standard InChI is InChI=1S/C17H17IO/c18-14-10-8-13(9-11-14)17(19)16-7-2-1-6-15(16)12-4-3-5-12/h1-2,6-12,17,19H,3-5H2. The average molecular weight is 364 g/mol. The van der Waals surface area contributed by atoms with E-state index in [4.69, 9.17) is 0 Å². The zero-order valence-corrected chi connectivity index (χ0v) is 12.9. The fourth-order valence-electron chi connectivity index (χ4n) is 2.68. The number of hydrogen-bond donors (Lipinski definition) is 1. The Morgan fingerprint density at radius 3 is 2.32 bits per heavy atom. The zero-order chi connectivity index (χ0) is 13.2. The second-order valence-electron chi connectivity index (χ2n) is 5.21. The van der Waals surface area contributed by atoms with E-state index in [0.29, 0.717) is 5.92 Å². The van der Waals surface area contributed by atoms with Crippen LogP contribution >= 0.6 is 22.6 Å². The molecular formula is C17H17IO. The van der Waals surface area contributed by atoms with Gasteiger partial charge in [-0.05, 0) is 70.2 Å². The zero-order valence-electron chi connectivity index (χ0n) is 10.7. The summed E-state index contributed by atoms with van der Waals surface area (Å²) in [5, 5.41) is 10.6. The third-order valence-electron chi connectivity index (χ3n) is 4.02. The second-order valence-corrected chi connectivity index (χ2v) is 6.46. The lowest BCUT2D eigenvalue weighted by Gasteiger charge is -2.29. The Balaban J connectivity index is 1.94. The summed E-state index contributed by atoms with van der Waals surface area (Å²) in [7, 11) is 0. The monoisotopic (exact) mass is 364 g/mol. The summed E-state index contributed by atoms with van der Waals surface area (Å²) in [6, 6.07) is 16.5. The van der Waals surface area contributed by atoms with Crippen LogP contribution in [0, 0.1) is 3.57 Å². The molecule has 19 heavy (non-hydrogen) atoms. The van der Waals surface area contributed by atoms with Gasteiger partial charge in [-0.2, -0.15) is 0 Å². The van der Waals surface area contributed by atoms with Gasteiger partial charge in [0.25, 0.3) is 0 Å². The minimum atomic E-state index is -0.506. The topological polar surface area (TPSA) is 20.2 Å². The van der Waals surface area contributed by atoms with Crippen molar-refractivity contribution in [2.24, 2.45) is 0 Å². The maximum atomic E-state index is 10.6. The molecule has 1 atom stereocenters. The van der Waals surface area contributed by atoms with Crippen LogP contribution in [0.2, 0.25) is 0 Å². The molecule has 2 aromatic carbocycles. The summed E-state index contributed by atoms with van der Waals surface area (Å²) in [5.41, 5.74) is 3.39. The molecule has 0 saturated heterocycles. The van der Waals surface area contributed by atoms with E-state index in [1.165, 1.54) is 28.4 Å². The quantitative estimate of drug-likeness (QED) is 0.787. The van der Waals surface area contributed by atoms with Gasteiger partial charge in [0.15, 0.2) is 0 Å². The van der Waals surface area contributed by atoms with E-state index in [9.17, 15) is 5.11 Å². The highest BCUT2D eigenvalue weighted by molar-refractivity contribution is 14.1. The molecule has 1 nitrogen and oxygen atoms in total. The summed E-state index contributed by atoms with van der Waals surface area (Å²) in [6.07, 6.45) is 3.33. The first-order valence-electron chi connectivity index (χ1n) is 6.78. The van der Waals surface area contributed by atoms with Crippen molar-refractivity contribution in [2.75, 3.05) is 0 Å². The summed E-state index contributed by atoms with van der Waals surface area (Å²) < 4.78 is 1.20. The lowest BCUT2D eigenvalue weighted by atomic mass is 9.77. The van der Waals surface area contributed by atoms with Crippen molar-refractivity contribution in [1.29, 1.82) is 0 Å². The fraction of sp³-hybridized carbons (Fsp3) is 0.294. The molecule has 2 aromatic rings. The summed E-state index contributed by atoms with van der Waals surface area (Å²) in [5.74, 6) is 0.648. The highest BCUT2D eigenvalue weighted by Gasteiger charge is 2.24. The third-order valence-corrected chi connectivity index (χ3v) is 4.74. The maximum Gasteiger partial charge on any atom is 0.104 e. The van der Waals surface area contributed by atoms with Crippen LogP contribution < -0.4 is 0 Å². The van der Waals surface area contributed by atoms with Crippen molar-refractivity contribution in [3.63, 3.8) is 0 Å². The summed E-state index contributed by atoms with van der Waals surface area (Å²) in [6.45, 7) is 0. The van der Waals surface area contributed by atoms with Gasteiger partial charge in [0.1, 0.15) is 6.10 Å². The largest absolute Gasteiger partial charge is 0.384 e. The van der Waals surface area contributed by atoms with Crippen molar-refractivity contribution < 1.29 is 5.11 Å². The van der Waals surface area contributed by atoms with Crippen LogP contribution in [0.1, 0.15) is 48.0 Å². The number of halogens is 1. The van der Waals surface area contributed by atoms with Gasteiger partial charge in [0.05, 0.1) is 0 Å². The molecule has 2 heteroatoms.